The number of nitrogens with two attached hydrogens (primary N) is 1. The number of nitriles is 1. The highest BCUT2D eigenvalue weighted by atomic mass is 32.2. The van der Waals surface area contributed by atoms with Crippen LogP contribution in [0, 0.1) is 18.3 Å². The third-order valence-electron chi connectivity index (χ3n) is 1.54. The van der Waals surface area contributed by atoms with Crippen LogP contribution in [0.5, 0.6) is 0 Å². The van der Waals surface area contributed by atoms with Gasteiger partial charge in [-0.1, -0.05) is 0 Å². The summed E-state index contributed by atoms with van der Waals surface area (Å²) in [5.41, 5.74) is 6.45. The van der Waals surface area contributed by atoms with Gasteiger partial charge in [-0.05, 0) is 13.0 Å². The molecule has 4 nitrogen and oxygen atoms in total. The topological polar surface area (TPSA) is 67.6 Å². The lowest BCUT2D eigenvalue weighted by Crippen LogP contribution is -2.20. The molecule has 1 heterocycles. The Balaban J connectivity index is 2.55. The van der Waals surface area contributed by atoms with Crippen LogP contribution in [-0.2, 0) is 7.05 Å². The summed E-state index contributed by atoms with van der Waals surface area (Å²) in [5.74, 6) is 0.607. The van der Waals surface area contributed by atoms with Crippen LogP contribution < -0.4 is 5.73 Å². The number of thioether (sulfide) groups is 1. The number of nitrogens with zero attached hydrogens (tertiary/aromatic N) is 3. The van der Waals surface area contributed by atoms with Crippen molar-refractivity contribution >= 4 is 11.8 Å². The summed E-state index contributed by atoms with van der Waals surface area (Å²) in [6, 6.07) is 3.57. The lowest BCUT2D eigenvalue weighted by molar-refractivity contribution is 0.692. The zero-order chi connectivity index (χ0) is 9.84. The van der Waals surface area contributed by atoms with Crippen LogP contribution in [-0.4, -0.2) is 21.6 Å². The first kappa shape index (κ1) is 10.1. The van der Waals surface area contributed by atoms with Crippen molar-refractivity contribution < 1.29 is 0 Å². The van der Waals surface area contributed by atoms with Crippen LogP contribution in [0.15, 0.2) is 11.1 Å². The molecule has 1 rings (SSSR count). The van der Waals surface area contributed by atoms with E-state index in [4.69, 9.17) is 11.0 Å². The van der Waals surface area contributed by atoms with Crippen LogP contribution in [0.2, 0.25) is 0 Å². The molecule has 0 bridgehead atoms. The minimum atomic E-state index is -0.403. The molecule has 2 N–H and O–H groups in total. The lowest BCUT2D eigenvalue weighted by atomic mass is 10.4. The fraction of sp³-hybridized carbons (Fsp3) is 0.500. The third kappa shape index (κ3) is 2.76. The molecule has 0 aromatic carbocycles. The Kier molecular flexibility index (Phi) is 3.34. The molecular weight excluding hydrogens is 184 g/mol. The Hall–Kier alpha value is -0.990. The van der Waals surface area contributed by atoms with Crippen molar-refractivity contribution in [1.29, 1.82) is 5.26 Å². The number of aryl methyl sites for hydroxylation is 2. The molecule has 13 heavy (non-hydrogen) atoms. The average molecular weight is 196 g/mol. The second-order valence-corrected chi connectivity index (χ2v) is 3.83. The van der Waals surface area contributed by atoms with E-state index in [1.54, 1.807) is 16.4 Å². The summed E-state index contributed by atoms with van der Waals surface area (Å²) < 4.78 is 1.80. The molecule has 0 radical (unpaired) electrons. The van der Waals surface area contributed by atoms with E-state index < -0.39 is 6.04 Å². The molecule has 70 valence electrons. The number of rotatable bonds is 3. The molecule has 0 amide bonds. The maximum absolute atomic E-state index is 8.48. The molecule has 0 saturated heterocycles. The molecule has 0 spiro atoms. The molecule has 0 saturated carbocycles. The lowest BCUT2D eigenvalue weighted by Gasteiger charge is -2.01. The minimum Gasteiger partial charge on any atom is -0.315 e. The Morgan fingerprint density at radius 2 is 2.54 bits per heavy atom. The molecule has 0 fully saturated rings. The van der Waals surface area contributed by atoms with E-state index in [1.165, 1.54) is 0 Å². The van der Waals surface area contributed by atoms with E-state index >= 15 is 0 Å². The van der Waals surface area contributed by atoms with Gasteiger partial charge >= 0.3 is 0 Å². The van der Waals surface area contributed by atoms with Crippen LogP contribution in [0.4, 0.5) is 0 Å². The van der Waals surface area contributed by atoms with Crippen molar-refractivity contribution in [3.05, 3.63) is 11.8 Å². The van der Waals surface area contributed by atoms with Crippen molar-refractivity contribution in [2.75, 3.05) is 5.75 Å². The Labute approximate surface area is 81.7 Å². The zero-order valence-corrected chi connectivity index (χ0v) is 8.51. The van der Waals surface area contributed by atoms with E-state index in [0.717, 1.165) is 10.7 Å². The Bertz CT molecular complexity index is 325. The van der Waals surface area contributed by atoms with E-state index in [9.17, 15) is 0 Å². The van der Waals surface area contributed by atoms with Gasteiger partial charge in [0.15, 0.2) is 0 Å². The smallest absolute Gasteiger partial charge is 0.102 e. The molecule has 5 heteroatoms. The molecule has 0 aliphatic rings. The maximum atomic E-state index is 8.48. The first-order valence-electron chi connectivity index (χ1n) is 3.92. The van der Waals surface area contributed by atoms with E-state index in [2.05, 4.69) is 5.10 Å². The zero-order valence-electron chi connectivity index (χ0n) is 7.69. The molecule has 1 aromatic rings. The van der Waals surface area contributed by atoms with Crippen molar-refractivity contribution in [3.8, 4) is 6.07 Å². The molecule has 1 unspecified atom stereocenters. The van der Waals surface area contributed by atoms with Crippen molar-refractivity contribution in [2.45, 2.75) is 18.0 Å². The van der Waals surface area contributed by atoms with Gasteiger partial charge in [-0.3, -0.25) is 4.68 Å². The average Bonchev–Trinajstić information content (AvgIpc) is 2.41. The van der Waals surface area contributed by atoms with Gasteiger partial charge in [-0.25, -0.2) is 0 Å². The van der Waals surface area contributed by atoms with Crippen molar-refractivity contribution in [2.24, 2.45) is 12.8 Å². The largest absolute Gasteiger partial charge is 0.315 e. The van der Waals surface area contributed by atoms with Gasteiger partial charge in [0.2, 0.25) is 0 Å². The predicted octanol–water partition coefficient (Wildman–Crippen LogP) is 0.672. The van der Waals surface area contributed by atoms with Crippen molar-refractivity contribution in [1.82, 2.24) is 9.78 Å². The molecule has 0 aliphatic heterocycles. The molecule has 1 aromatic heterocycles. The Morgan fingerprint density at radius 3 is 3.00 bits per heavy atom. The Morgan fingerprint density at radius 1 is 1.85 bits per heavy atom. The number of hydrogen-bond donors (Lipinski definition) is 1. The summed E-state index contributed by atoms with van der Waals surface area (Å²) in [7, 11) is 1.88. The summed E-state index contributed by atoms with van der Waals surface area (Å²) >= 11 is 1.55. The summed E-state index contributed by atoms with van der Waals surface area (Å²) in [5, 5.41) is 13.7. The minimum absolute atomic E-state index is 0.403. The van der Waals surface area contributed by atoms with E-state index in [0.29, 0.717) is 5.75 Å². The summed E-state index contributed by atoms with van der Waals surface area (Å²) in [6.07, 6.45) is 0. The van der Waals surface area contributed by atoms with Crippen LogP contribution in [0.1, 0.15) is 5.69 Å². The van der Waals surface area contributed by atoms with Gasteiger partial charge in [0.1, 0.15) is 6.04 Å². The third-order valence-corrected chi connectivity index (χ3v) is 2.74. The summed E-state index contributed by atoms with van der Waals surface area (Å²) in [4.78, 5) is 0. The van der Waals surface area contributed by atoms with E-state index in [-0.39, 0.29) is 0 Å². The van der Waals surface area contributed by atoms with Crippen molar-refractivity contribution in [3.63, 3.8) is 0 Å². The second kappa shape index (κ2) is 4.30. The molecule has 0 aliphatic carbocycles. The SMILES string of the molecule is Cc1cc(SCC(N)C#N)n(C)n1. The maximum Gasteiger partial charge on any atom is 0.102 e. The molecular formula is C8H12N4S. The van der Waals surface area contributed by atoms with Gasteiger partial charge in [-0.15, -0.1) is 11.8 Å². The first-order valence-corrected chi connectivity index (χ1v) is 4.90. The highest BCUT2D eigenvalue weighted by Crippen LogP contribution is 2.18. The van der Waals surface area contributed by atoms with Gasteiger partial charge < -0.3 is 5.73 Å². The number of aromatic nitrogens is 2. The number of hydrogen-bond acceptors (Lipinski definition) is 4. The van der Waals surface area contributed by atoms with Gasteiger partial charge in [-0.2, -0.15) is 10.4 Å². The molecule has 1 atom stereocenters. The second-order valence-electron chi connectivity index (χ2n) is 2.79. The predicted molar refractivity (Wildman–Crippen MR) is 52.3 cm³/mol. The van der Waals surface area contributed by atoms with Gasteiger partial charge in [0.25, 0.3) is 0 Å². The van der Waals surface area contributed by atoms with Crippen LogP contribution in [0.3, 0.4) is 0 Å². The van der Waals surface area contributed by atoms with Gasteiger partial charge in [0.05, 0.1) is 16.8 Å². The first-order chi connectivity index (χ1) is 6.13. The fourth-order valence-electron chi connectivity index (χ4n) is 0.934. The quantitative estimate of drug-likeness (QED) is 0.721. The van der Waals surface area contributed by atoms with Crippen LogP contribution >= 0.6 is 11.8 Å². The normalized spacial score (nSPS) is 12.5. The van der Waals surface area contributed by atoms with Crippen LogP contribution in [0.25, 0.3) is 0 Å². The fourth-order valence-corrected chi connectivity index (χ4v) is 1.84. The standard InChI is InChI=1S/C8H12N4S/c1-6-3-8(12(2)11-6)13-5-7(10)4-9/h3,7H,5,10H2,1-2H3. The monoisotopic (exact) mass is 196 g/mol. The summed E-state index contributed by atoms with van der Waals surface area (Å²) in [6.45, 7) is 1.94. The highest BCUT2D eigenvalue weighted by molar-refractivity contribution is 7.99. The highest BCUT2D eigenvalue weighted by Gasteiger charge is 2.05. The van der Waals surface area contributed by atoms with E-state index in [1.807, 2.05) is 26.1 Å². The van der Waals surface area contributed by atoms with Gasteiger partial charge in [0, 0.05) is 12.8 Å².